The predicted octanol–water partition coefficient (Wildman–Crippen LogP) is 4.07. The highest BCUT2D eigenvalue weighted by atomic mass is 16.6. The van der Waals surface area contributed by atoms with Gasteiger partial charge in [0.15, 0.2) is 0 Å². The van der Waals surface area contributed by atoms with Crippen LogP contribution in [0.15, 0.2) is 55.6 Å². The van der Waals surface area contributed by atoms with E-state index in [2.05, 4.69) is 20.1 Å². The number of amides is 2. The van der Waals surface area contributed by atoms with Crippen molar-refractivity contribution in [1.29, 1.82) is 0 Å². The van der Waals surface area contributed by atoms with E-state index in [1.165, 1.54) is 0 Å². The number of nitrogens with zero attached hydrogens (tertiary/aromatic N) is 2. The minimum absolute atomic E-state index is 0.0745. The van der Waals surface area contributed by atoms with Gasteiger partial charge in [-0.2, -0.15) is 0 Å². The Kier molecular flexibility index (Phi) is 10.4. The van der Waals surface area contributed by atoms with Crippen molar-refractivity contribution in [3.8, 4) is 0 Å². The van der Waals surface area contributed by atoms with Gasteiger partial charge in [-0.1, -0.05) is 55.8 Å². The molecule has 41 heavy (non-hydrogen) atoms. The van der Waals surface area contributed by atoms with Gasteiger partial charge in [-0.3, -0.25) is 14.4 Å². The van der Waals surface area contributed by atoms with Crippen molar-refractivity contribution < 1.29 is 29.0 Å². The van der Waals surface area contributed by atoms with Crippen LogP contribution in [-0.4, -0.2) is 82.3 Å². The molecule has 3 heterocycles. The molecule has 1 aromatic rings. The standard InChI is InChI=1S/C33H46N2O6/c1-5-8-9-13-20-40-32(39)27-26-17-18-33(41-26)28(27)30(37)35(25(22-36)21-24-15-11-10-12-16-24)29(33)31(38)34(19-7-3)23(4)14-6-2/h5,7,10-12,15-16,23,25-29,36H,1,3,6,8-9,13-14,17-22H2,2,4H3/t23?,25-,26-,27+,28+,29?,33?/m1/s1. The molecule has 2 amide bonds. The summed E-state index contributed by atoms with van der Waals surface area (Å²) in [6.45, 7) is 12.0. The van der Waals surface area contributed by atoms with E-state index in [-0.39, 0.29) is 31.1 Å². The lowest BCUT2D eigenvalue weighted by Gasteiger charge is -2.41. The molecule has 0 radical (unpaired) electrons. The molecular formula is C33H46N2O6. The summed E-state index contributed by atoms with van der Waals surface area (Å²) in [5, 5.41) is 10.6. The third kappa shape index (κ3) is 6.00. The molecule has 224 valence electrons. The lowest BCUT2D eigenvalue weighted by molar-refractivity contribution is -0.157. The third-order valence-electron chi connectivity index (χ3n) is 9.06. The highest BCUT2D eigenvalue weighted by Gasteiger charge is 2.75. The highest BCUT2D eigenvalue weighted by molar-refractivity contribution is 5.98. The van der Waals surface area contributed by atoms with Crippen LogP contribution >= 0.6 is 0 Å². The molecule has 8 nitrogen and oxygen atoms in total. The molecule has 3 unspecified atom stereocenters. The summed E-state index contributed by atoms with van der Waals surface area (Å²) in [7, 11) is 0. The Morgan fingerprint density at radius 1 is 1.24 bits per heavy atom. The molecule has 4 rings (SSSR count). The van der Waals surface area contributed by atoms with E-state index in [1.54, 1.807) is 15.9 Å². The van der Waals surface area contributed by atoms with Crippen LogP contribution in [0, 0.1) is 11.8 Å². The van der Waals surface area contributed by atoms with Crippen molar-refractivity contribution in [3.63, 3.8) is 0 Å². The molecule has 1 aromatic carbocycles. The van der Waals surface area contributed by atoms with Gasteiger partial charge in [-0.05, 0) is 57.4 Å². The van der Waals surface area contributed by atoms with E-state index >= 15 is 0 Å². The third-order valence-corrected chi connectivity index (χ3v) is 9.06. The van der Waals surface area contributed by atoms with E-state index in [1.807, 2.05) is 43.3 Å². The fourth-order valence-corrected chi connectivity index (χ4v) is 7.19. The second-order valence-corrected chi connectivity index (χ2v) is 11.7. The minimum atomic E-state index is -1.14. The number of allylic oxidation sites excluding steroid dienone is 1. The summed E-state index contributed by atoms with van der Waals surface area (Å²) in [4.78, 5) is 45.7. The number of hydrogen-bond acceptors (Lipinski definition) is 6. The number of aliphatic hydroxyl groups is 1. The summed E-state index contributed by atoms with van der Waals surface area (Å²) in [6.07, 6.45) is 8.64. The maximum Gasteiger partial charge on any atom is 0.312 e. The van der Waals surface area contributed by atoms with E-state index in [4.69, 9.17) is 9.47 Å². The Balaban J connectivity index is 1.70. The van der Waals surface area contributed by atoms with Crippen LogP contribution in [0.5, 0.6) is 0 Å². The number of aliphatic hydroxyl groups excluding tert-OH is 1. The Hall–Kier alpha value is -2.97. The number of carbonyl (C=O) groups excluding carboxylic acids is 3. The topological polar surface area (TPSA) is 96.4 Å². The van der Waals surface area contributed by atoms with Gasteiger partial charge in [0.05, 0.1) is 37.2 Å². The summed E-state index contributed by atoms with van der Waals surface area (Å²) in [5.74, 6) is -2.56. The molecule has 1 spiro atoms. The number of carbonyl (C=O) groups is 3. The minimum Gasteiger partial charge on any atom is -0.465 e. The average Bonchev–Trinajstić information content (AvgIpc) is 3.62. The van der Waals surface area contributed by atoms with Crippen molar-refractivity contribution in [3.05, 3.63) is 61.2 Å². The van der Waals surface area contributed by atoms with Crippen molar-refractivity contribution in [2.24, 2.45) is 11.8 Å². The summed E-state index contributed by atoms with van der Waals surface area (Å²) < 4.78 is 12.2. The molecule has 3 aliphatic heterocycles. The van der Waals surface area contributed by atoms with Gasteiger partial charge < -0.3 is 24.4 Å². The molecule has 0 aromatic heterocycles. The molecular weight excluding hydrogens is 520 g/mol. The van der Waals surface area contributed by atoms with Crippen LogP contribution in [0.2, 0.25) is 0 Å². The fourth-order valence-electron chi connectivity index (χ4n) is 7.19. The van der Waals surface area contributed by atoms with Crippen LogP contribution in [0.25, 0.3) is 0 Å². The smallest absolute Gasteiger partial charge is 0.312 e. The monoisotopic (exact) mass is 566 g/mol. The SMILES string of the molecule is C=CCCCCOC(=O)[C@@H]1[C@H]2C(=O)N([C@@H](CO)Cc3ccccc3)C(C(=O)N(CC=C)C(C)CCC)C23CC[C@H]1O3. The number of hydrogen-bond donors (Lipinski definition) is 1. The molecule has 7 atom stereocenters. The first-order chi connectivity index (χ1) is 19.8. The Labute approximate surface area is 244 Å². The first-order valence-corrected chi connectivity index (χ1v) is 15.2. The zero-order chi connectivity index (χ0) is 29.6. The number of rotatable bonds is 16. The normalized spacial score (nSPS) is 27.8. The molecule has 3 aliphatic rings. The first kappa shape index (κ1) is 31.0. The second-order valence-electron chi connectivity index (χ2n) is 11.7. The number of likely N-dealkylation sites (tertiary alicyclic amines) is 1. The lowest BCUT2D eigenvalue weighted by atomic mass is 9.70. The van der Waals surface area contributed by atoms with Crippen LogP contribution < -0.4 is 0 Å². The van der Waals surface area contributed by atoms with Crippen LogP contribution in [-0.2, 0) is 30.3 Å². The van der Waals surface area contributed by atoms with Gasteiger partial charge in [-0.15, -0.1) is 13.2 Å². The lowest BCUT2D eigenvalue weighted by Crippen LogP contribution is -2.60. The van der Waals surface area contributed by atoms with Gasteiger partial charge in [-0.25, -0.2) is 0 Å². The predicted molar refractivity (Wildman–Crippen MR) is 157 cm³/mol. The van der Waals surface area contributed by atoms with E-state index in [0.29, 0.717) is 32.2 Å². The van der Waals surface area contributed by atoms with Gasteiger partial charge in [0.1, 0.15) is 11.6 Å². The first-order valence-electron chi connectivity index (χ1n) is 15.2. The Bertz CT molecular complexity index is 1090. The van der Waals surface area contributed by atoms with E-state index < -0.39 is 41.6 Å². The number of esters is 1. The van der Waals surface area contributed by atoms with Gasteiger partial charge in [0, 0.05) is 12.6 Å². The number of unbranched alkanes of at least 4 members (excludes halogenated alkanes) is 2. The zero-order valence-corrected chi connectivity index (χ0v) is 24.6. The van der Waals surface area contributed by atoms with E-state index in [0.717, 1.165) is 31.2 Å². The molecule has 8 heteroatoms. The molecule has 0 aliphatic carbocycles. The van der Waals surface area contributed by atoms with Crippen molar-refractivity contribution >= 4 is 17.8 Å². The maximum atomic E-state index is 14.6. The quantitative estimate of drug-likeness (QED) is 0.184. The van der Waals surface area contributed by atoms with Crippen molar-refractivity contribution in [2.75, 3.05) is 19.8 Å². The fraction of sp³-hybridized carbons (Fsp3) is 0.606. The molecule has 2 bridgehead atoms. The number of ether oxygens (including phenoxy) is 2. The summed E-state index contributed by atoms with van der Waals surface area (Å²) in [5.41, 5.74) is -0.191. The Morgan fingerprint density at radius 3 is 2.66 bits per heavy atom. The number of fused-ring (bicyclic) bond motifs is 1. The molecule has 3 fully saturated rings. The number of benzene rings is 1. The summed E-state index contributed by atoms with van der Waals surface area (Å²) in [6, 6.07) is 7.96. The average molecular weight is 567 g/mol. The van der Waals surface area contributed by atoms with Crippen LogP contribution in [0.3, 0.4) is 0 Å². The van der Waals surface area contributed by atoms with Crippen LogP contribution in [0.4, 0.5) is 0 Å². The van der Waals surface area contributed by atoms with Crippen molar-refractivity contribution in [2.45, 2.75) is 95.0 Å². The zero-order valence-electron chi connectivity index (χ0n) is 24.6. The molecule has 1 N–H and O–H groups in total. The molecule has 0 saturated carbocycles. The van der Waals surface area contributed by atoms with Crippen molar-refractivity contribution in [1.82, 2.24) is 9.80 Å². The largest absolute Gasteiger partial charge is 0.465 e. The van der Waals surface area contributed by atoms with Gasteiger partial charge in [0.25, 0.3) is 0 Å². The van der Waals surface area contributed by atoms with Gasteiger partial charge >= 0.3 is 5.97 Å². The maximum absolute atomic E-state index is 14.6. The van der Waals surface area contributed by atoms with Crippen LogP contribution in [0.1, 0.15) is 64.4 Å². The summed E-state index contributed by atoms with van der Waals surface area (Å²) >= 11 is 0. The second kappa shape index (κ2) is 13.8. The molecule has 3 saturated heterocycles. The van der Waals surface area contributed by atoms with E-state index in [9.17, 15) is 19.5 Å². The van der Waals surface area contributed by atoms with Gasteiger partial charge in [0.2, 0.25) is 11.8 Å². The Morgan fingerprint density at radius 2 is 2.00 bits per heavy atom. The highest BCUT2D eigenvalue weighted by Crippen LogP contribution is 2.59.